The van der Waals surface area contributed by atoms with Crippen LogP contribution >= 0.6 is 0 Å². The summed E-state index contributed by atoms with van der Waals surface area (Å²) in [5.74, 6) is -0.608. The highest BCUT2D eigenvalue weighted by Crippen LogP contribution is 2.12. The van der Waals surface area contributed by atoms with E-state index in [4.69, 9.17) is 9.47 Å². The number of aliphatic hydroxyl groups excluding tert-OH is 1. The van der Waals surface area contributed by atoms with Crippen LogP contribution in [0.4, 0.5) is 0 Å². The molecule has 0 aliphatic rings. The fourth-order valence-electron chi connectivity index (χ4n) is 4.59. The van der Waals surface area contributed by atoms with Crippen LogP contribution in [-0.4, -0.2) is 36.4 Å². The highest BCUT2D eigenvalue weighted by molar-refractivity contribution is 5.70. The second-order valence-electron chi connectivity index (χ2n) is 11.2. The van der Waals surface area contributed by atoms with Crippen molar-refractivity contribution in [3.63, 3.8) is 0 Å². The van der Waals surface area contributed by atoms with Gasteiger partial charge in [-0.2, -0.15) is 0 Å². The molecule has 0 saturated carbocycles. The van der Waals surface area contributed by atoms with Gasteiger partial charge in [-0.25, -0.2) is 0 Å². The molecule has 0 unspecified atom stereocenters. The number of unbranched alkanes of at least 4 members (excludes halogenated alkanes) is 18. The number of hydrogen-bond acceptors (Lipinski definition) is 5. The first-order valence-electron chi connectivity index (χ1n) is 16.9. The summed E-state index contributed by atoms with van der Waals surface area (Å²) in [6.45, 7) is 4.06. The Bertz CT molecular complexity index is 613. The normalized spacial score (nSPS) is 12.4. The number of hydrogen-bond donors (Lipinski definition) is 1. The molecule has 0 saturated heterocycles. The van der Waals surface area contributed by atoms with E-state index in [1.54, 1.807) is 0 Å². The molecule has 0 amide bonds. The molecule has 0 fully saturated rings. The number of esters is 2. The Morgan fingerprint density at radius 1 is 0.550 bits per heavy atom. The maximum atomic E-state index is 12.1. The third kappa shape index (κ3) is 29.4. The van der Waals surface area contributed by atoms with Gasteiger partial charge in [0, 0.05) is 12.8 Å². The van der Waals surface area contributed by atoms with E-state index >= 15 is 0 Å². The zero-order valence-electron chi connectivity index (χ0n) is 26.4. The van der Waals surface area contributed by atoms with E-state index < -0.39 is 6.10 Å². The van der Waals surface area contributed by atoms with E-state index in [1.807, 2.05) is 0 Å². The summed E-state index contributed by atoms with van der Waals surface area (Å²) in [5, 5.41) is 9.49. The predicted octanol–water partition coefficient (Wildman–Crippen LogP) is 9.95. The molecule has 5 heteroatoms. The van der Waals surface area contributed by atoms with Gasteiger partial charge in [0.05, 0.1) is 6.61 Å². The molecule has 0 heterocycles. The van der Waals surface area contributed by atoms with Crippen LogP contribution in [0.5, 0.6) is 0 Å². The summed E-state index contributed by atoms with van der Waals surface area (Å²) < 4.78 is 10.5. The molecule has 0 rings (SSSR count). The van der Waals surface area contributed by atoms with E-state index in [2.05, 4.69) is 38.2 Å². The fourth-order valence-corrected chi connectivity index (χ4v) is 4.59. The summed E-state index contributed by atoms with van der Waals surface area (Å²) in [4.78, 5) is 24.1. The van der Waals surface area contributed by atoms with Gasteiger partial charge in [-0.05, 0) is 57.8 Å². The van der Waals surface area contributed by atoms with Crippen molar-refractivity contribution in [3.8, 4) is 0 Å². The summed E-state index contributed by atoms with van der Waals surface area (Å²) in [6.07, 6.45) is 35.1. The third-order valence-electron chi connectivity index (χ3n) is 7.22. The standard InChI is InChI=1S/C35H64O5/c1-3-5-7-9-11-13-15-16-17-18-20-21-23-25-27-29-34(37)39-32-33(31-36)40-35(38)30-28-26-24-22-19-14-12-10-8-6-4-2/h10,12-13,15,33,36H,3-9,11,14,16-32H2,1-2H3/b12-10-,15-13-/t33-/m0/s1. The fraction of sp³-hybridized carbons (Fsp3) is 0.829. The maximum Gasteiger partial charge on any atom is 0.306 e. The zero-order chi connectivity index (χ0) is 29.4. The summed E-state index contributed by atoms with van der Waals surface area (Å²) in [7, 11) is 0. The first-order chi connectivity index (χ1) is 19.6. The van der Waals surface area contributed by atoms with Crippen LogP contribution in [0.15, 0.2) is 24.3 Å². The van der Waals surface area contributed by atoms with E-state index in [9.17, 15) is 14.7 Å². The van der Waals surface area contributed by atoms with Crippen molar-refractivity contribution in [3.05, 3.63) is 24.3 Å². The highest BCUT2D eigenvalue weighted by Gasteiger charge is 2.16. The van der Waals surface area contributed by atoms with Gasteiger partial charge >= 0.3 is 11.9 Å². The molecule has 5 nitrogen and oxygen atoms in total. The van der Waals surface area contributed by atoms with Gasteiger partial charge in [0.25, 0.3) is 0 Å². The zero-order valence-corrected chi connectivity index (χ0v) is 26.4. The topological polar surface area (TPSA) is 72.8 Å². The number of rotatable bonds is 30. The Kier molecular flexibility index (Phi) is 30.6. The quantitative estimate of drug-likeness (QED) is 0.0534. The highest BCUT2D eigenvalue weighted by atomic mass is 16.6. The van der Waals surface area contributed by atoms with Crippen LogP contribution in [0.2, 0.25) is 0 Å². The second kappa shape index (κ2) is 31.9. The van der Waals surface area contributed by atoms with Crippen molar-refractivity contribution in [1.29, 1.82) is 0 Å². The lowest BCUT2D eigenvalue weighted by Crippen LogP contribution is -2.28. The minimum Gasteiger partial charge on any atom is -0.462 e. The van der Waals surface area contributed by atoms with Gasteiger partial charge in [0.2, 0.25) is 0 Å². The van der Waals surface area contributed by atoms with Crippen LogP contribution in [0, 0.1) is 0 Å². The van der Waals surface area contributed by atoms with Gasteiger partial charge in [-0.3, -0.25) is 9.59 Å². The Labute approximate surface area is 247 Å². The van der Waals surface area contributed by atoms with E-state index in [0.717, 1.165) is 44.9 Å². The largest absolute Gasteiger partial charge is 0.462 e. The molecule has 0 aromatic rings. The first kappa shape index (κ1) is 38.4. The molecule has 40 heavy (non-hydrogen) atoms. The molecule has 234 valence electrons. The Morgan fingerprint density at radius 3 is 1.43 bits per heavy atom. The predicted molar refractivity (Wildman–Crippen MR) is 168 cm³/mol. The second-order valence-corrected chi connectivity index (χ2v) is 11.2. The molecule has 0 aliphatic carbocycles. The molecule has 0 radical (unpaired) electrons. The smallest absolute Gasteiger partial charge is 0.306 e. The molecule has 1 N–H and O–H groups in total. The van der Waals surface area contributed by atoms with Gasteiger partial charge in [0.15, 0.2) is 6.10 Å². The van der Waals surface area contributed by atoms with Gasteiger partial charge in [-0.1, -0.05) is 122 Å². The molecule has 0 spiro atoms. The Morgan fingerprint density at radius 2 is 0.950 bits per heavy atom. The third-order valence-corrected chi connectivity index (χ3v) is 7.22. The summed E-state index contributed by atoms with van der Waals surface area (Å²) in [5.41, 5.74) is 0. The van der Waals surface area contributed by atoms with Gasteiger partial charge in [0.1, 0.15) is 6.61 Å². The molecular weight excluding hydrogens is 500 g/mol. The van der Waals surface area contributed by atoms with Crippen molar-refractivity contribution in [2.24, 2.45) is 0 Å². The molecule has 1 atom stereocenters. The summed E-state index contributed by atoms with van der Waals surface area (Å²) >= 11 is 0. The van der Waals surface area contributed by atoms with Crippen molar-refractivity contribution >= 4 is 11.9 Å². The Balaban J connectivity index is 3.58. The van der Waals surface area contributed by atoms with Crippen LogP contribution in [0.1, 0.15) is 168 Å². The SMILES string of the molecule is CCCC/C=C\CCCCCCCC(=O)O[C@@H](CO)COC(=O)CCCCCCCCC/C=C\CCCCCC. The minimum absolute atomic E-state index is 0.0694. The van der Waals surface area contributed by atoms with Gasteiger partial charge in [-0.15, -0.1) is 0 Å². The van der Waals surface area contributed by atoms with Crippen LogP contribution in [-0.2, 0) is 19.1 Å². The minimum atomic E-state index is -0.771. The molecule has 0 aromatic carbocycles. The number of allylic oxidation sites excluding steroid dienone is 4. The van der Waals surface area contributed by atoms with E-state index in [-0.39, 0.29) is 25.2 Å². The van der Waals surface area contributed by atoms with Crippen LogP contribution in [0.3, 0.4) is 0 Å². The van der Waals surface area contributed by atoms with Crippen molar-refractivity contribution < 1.29 is 24.2 Å². The molecular formula is C35H64O5. The Hall–Kier alpha value is -1.62. The number of ether oxygens (including phenoxy) is 2. The summed E-state index contributed by atoms with van der Waals surface area (Å²) in [6, 6.07) is 0. The number of carbonyl (C=O) groups is 2. The van der Waals surface area contributed by atoms with E-state index in [1.165, 1.54) is 96.3 Å². The average molecular weight is 565 g/mol. The number of carbonyl (C=O) groups excluding carboxylic acids is 2. The van der Waals surface area contributed by atoms with Crippen LogP contribution in [0.25, 0.3) is 0 Å². The lowest BCUT2D eigenvalue weighted by Gasteiger charge is -2.15. The average Bonchev–Trinajstić information content (AvgIpc) is 2.96. The lowest BCUT2D eigenvalue weighted by atomic mass is 10.1. The first-order valence-corrected chi connectivity index (χ1v) is 16.9. The van der Waals surface area contributed by atoms with Crippen molar-refractivity contribution in [2.45, 2.75) is 174 Å². The van der Waals surface area contributed by atoms with Crippen molar-refractivity contribution in [2.75, 3.05) is 13.2 Å². The van der Waals surface area contributed by atoms with E-state index in [0.29, 0.717) is 12.8 Å². The molecule has 0 aliphatic heterocycles. The molecule has 0 aromatic heterocycles. The lowest BCUT2D eigenvalue weighted by molar-refractivity contribution is -0.161. The maximum absolute atomic E-state index is 12.1. The van der Waals surface area contributed by atoms with Gasteiger partial charge < -0.3 is 14.6 Å². The molecule has 0 bridgehead atoms. The monoisotopic (exact) mass is 564 g/mol. The number of aliphatic hydroxyl groups is 1. The van der Waals surface area contributed by atoms with Crippen molar-refractivity contribution in [1.82, 2.24) is 0 Å². The van der Waals surface area contributed by atoms with Crippen LogP contribution < -0.4 is 0 Å².